The van der Waals surface area contributed by atoms with Crippen LogP contribution in [0.1, 0.15) is 5.56 Å². The second-order valence-corrected chi connectivity index (χ2v) is 5.29. The second-order valence-electron chi connectivity index (χ2n) is 5.29. The summed E-state index contributed by atoms with van der Waals surface area (Å²) in [5, 5.41) is 6.65. The summed E-state index contributed by atoms with van der Waals surface area (Å²) in [5.74, 6) is 3.41. The molecule has 0 fully saturated rings. The third-order valence-corrected chi connectivity index (χ3v) is 3.79. The Hall–Kier alpha value is -3.09. The fourth-order valence-corrected chi connectivity index (χ4v) is 2.67. The summed E-state index contributed by atoms with van der Waals surface area (Å²) in [6, 6.07) is 20.1. The molecule has 24 heavy (non-hydrogen) atoms. The molecule has 4 rings (SSSR count). The molecule has 1 heterocycles. The molecule has 4 heteroatoms. The third kappa shape index (κ3) is 2.88. The van der Waals surface area contributed by atoms with Gasteiger partial charge in [-0.05, 0) is 41.1 Å². The first-order chi connectivity index (χ1) is 11.3. The number of anilines is 2. The Morgan fingerprint density at radius 2 is 1.67 bits per heavy atom. The Balaban J connectivity index is 0.00000169. The molecule has 0 spiro atoms. The van der Waals surface area contributed by atoms with E-state index in [0.29, 0.717) is 0 Å². The lowest BCUT2D eigenvalue weighted by atomic mass is 10.1. The van der Waals surface area contributed by atoms with Crippen molar-refractivity contribution in [2.45, 2.75) is 0 Å². The highest BCUT2D eigenvalue weighted by Crippen LogP contribution is 2.27. The standard InChI is InChI=1S/C20H13N3.ClH/c1-2-14-6-5-9-17(10-14)23-20-18-11-15-7-3-4-8-16(15)12-19(18)21-13-22-20;/h1,3-13H,(H,21,22,23);1H. The molecular formula is C20H14ClN3. The lowest BCUT2D eigenvalue weighted by molar-refractivity contribution is 1.22. The van der Waals surface area contributed by atoms with Gasteiger partial charge in [0, 0.05) is 16.6 Å². The van der Waals surface area contributed by atoms with E-state index in [1.807, 2.05) is 36.4 Å². The molecule has 0 aliphatic rings. The first kappa shape index (κ1) is 15.8. The molecule has 4 aromatic rings. The normalized spacial score (nSPS) is 10.1. The number of terminal acetylenes is 1. The third-order valence-electron chi connectivity index (χ3n) is 3.79. The zero-order chi connectivity index (χ0) is 15.6. The second kappa shape index (κ2) is 6.57. The Kier molecular flexibility index (Phi) is 4.33. The van der Waals surface area contributed by atoms with E-state index in [-0.39, 0.29) is 12.4 Å². The molecule has 3 aromatic carbocycles. The zero-order valence-electron chi connectivity index (χ0n) is 12.7. The topological polar surface area (TPSA) is 37.8 Å². The van der Waals surface area contributed by atoms with Crippen LogP contribution in [0.25, 0.3) is 21.7 Å². The summed E-state index contributed by atoms with van der Waals surface area (Å²) in [6.07, 6.45) is 7.04. The Morgan fingerprint density at radius 1 is 0.875 bits per heavy atom. The van der Waals surface area contributed by atoms with E-state index in [2.05, 4.69) is 45.5 Å². The number of benzene rings is 3. The lowest BCUT2D eigenvalue weighted by Gasteiger charge is -2.09. The zero-order valence-corrected chi connectivity index (χ0v) is 13.5. The van der Waals surface area contributed by atoms with Crippen LogP contribution in [-0.2, 0) is 0 Å². The van der Waals surface area contributed by atoms with Gasteiger partial charge in [0.15, 0.2) is 0 Å². The SMILES string of the molecule is C#Cc1cccc(Nc2ncnc3cc4ccccc4cc23)c1.Cl. The molecule has 0 saturated heterocycles. The van der Waals surface area contributed by atoms with Gasteiger partial charge in [-0.2, -0.15) is 0 Å². The molecule has 0 bridgehead atoms. The van der Waals surface area contributed by atoms with Crippen LogP contribution >= 0.6 is 12.4 Å². The highest BCUT2D eigenvalue weighted by atomic mass is 35.5. The molecule has 0 amide bonds. The number of nitrogens with zero attached hydrogens (tertiary/aromatic N) is 2. The van der Waals surface area contributed by atoms with E-state index in [1.165, 1.54) is 5.39 Å². The molecule has 0 aliphatic heterocycles. The van der Waals surface area contributed by atoms with Gasteiger partial charge in [0.2, 0.25) is 0 Å². The van der Waals surface area contributed by atoms with Gasteiger partial charge in [0.1, 0.15) is 12.1 Å². The van der Waals surface area contributed by atoms with Crippen LogP contribution in [0.2, 0.25) is 0 Å². The van der Waals surface area contributed by atoms with Crippen molar-refractivity contribution in [2.75, 3.05) is 5.32 Å². The van der Waals surface area contributed by atoms with Crippen molar-refractivity contribution in [1.82, 2.24) is 9.97 Å². The van der Waals surface area contributed by atoms with E-state index < -0.39 is 0 Å². The minimum absolute atomic E-state index is 0. The predicted octanol–water partition coefficient (Wildman–Crippen LogP) is 4.93. The number of halogens is 1. The van der Waals surface area contributed by atoms with E-state index in [4.69, 9.17) is 6.42 Å². The Bertz CT molecular complexity index is 1070. The van der Waals surface area contributed by atoms with E-state index in [9.17, 15) is 0 Å². The quantitative estimate of drug-likeness (QED) is 0.418. The van der Waals surface area contributed by atoms with Crippen LogP contribution < -0.4 is 5.32 Å². The maximum Gasteiger partial charge on any atom is 0.141 e. The Labute approximate surface area is 146 Å². The first-order valence-corrected chi connectivity index (χ1v) is 7.31. The van der Waals surface area contributed by atoms with E-state index in [1.54, 1.807) is 6.33 Å². The molecule has 1 N–H and O–H groups in total. The van der Waals surface area contributed by atoms with Crippen LogP contribution in [0.5, 0.6) is 0 Å². The molecule has 0 aliphatic carbocycles. The van der Waals surface area contributed by atoms with Gasteiger partial charge in [0.25, 0.3) is 0 Å². The van der Waals surface area contributed by atoms with Crippen molar-refractivity contribution >= 4 is 45.6 Å². The minimum Gasteiger partial charge on any atom is -0.340 e. The molecular weight excluding hydrogens is 318 g/mol. The number of aromatic nitrogens is 2. The van der Waals surface area contributed by atoms with Crippen LogP contribution in [0.4, 0.5) is 11.5 Å². The van der Waals surface area contributed by atoms with Gasteiger partial charge >= 0.3 is 0 Å². The largest absolute Gasteiger partial charge is 0.340 e. The average molecular weight is 332 g/mol. The highest BCUT2D eigenvalue weighted by Gasteiger charge is 2.06. The lowest BCUT2D eigenvalue weighted by Crippen LogP contribution is -1.96. The molecule has 0 unspecified atom stereocenters. The molecule has 0 saturated carbocycles. The summed E-state index contributed by atoms with van der Waals surface area (Å²) in [5.41, 5.74) is 2.65. The van der Waals surface area contributed by atoms with Crippen LogP contribution in [0, 0.1) is 12.3 Å². The van der Waals surface area contributed by atoms with Crippen LogP contribution in [0.3, 0.4) is 0 Å². The minimum atomic E-state index is 0. The van der Waals surface area contributed by atoms with Crippen molar-refractivity contribution in [3.63, 3.8) is 0 Å². The monoisotopic (exact) mass is 331 g/mol. The van der Waals surface area contributed by atoms with Gasteiger partial charge in [-0.3, -0.25) is 0 Å². The van der Waals surface area contributed by atoms with Crippen molar-refractivity contribution in [3.05, 3.63) is 72.6 Å². The van der Waals surface area contributed by atoms with Gasteiger partial charge in [-0.1, -0.05) is 36.3 Å². The van der Waals surface area contributed by atoms with Gasteiger partial charge < -0.3 is 5.32 Å². The van der Waals surface area contributed by atoms with E-state index >= 15 is 0 Å². The van der Waals surface area contributed by atoms with Crippen LogP contribution in [-0.4, -0.2) is 9.97 Å². The van der Waals surface area contributed by atoms with Gasteiger partial charge in [-0.25, -0.2) is 9.97 Å². The van der Waals surface area contributed by atoms with Gasteiger partial charge in [-0.15, -0.1) is 18.8 Å². The molecule has 116 valence electrons. The van der Waals surface area contributed by atoms with Crippen molar-refractivity contribution in [3.8, 4) is 12.3 Å². The summed E-state index contributed by atoms with van der Waals surface area (Å²) in [7, 11) is 0. The number of hydrogen-bond acceptors (Lipinski definition) is 3. The maximum atomic E-state index is 5.46. The molecule has 3 nitrogen and oxygen atoms in total. The van der Waals surface area contributed by atoms with E-state index in [0.717, 1.165) is 33.4 Å². The average Bonchev–Trinajstić information content (AvgIpc) is 2.60. The van der Waals surface area contributed by atoms with Crippen molar-refractivity contribution in [2.24, 2.45) is 0 Å². The van der Waals surface area contributed by atoms with Crippen LogP contribution in [0.15, 0.2) is 67.0 Å². The molecule has 0 radical (unpaired) electrons. The fourth-order valence-electron chi connectivity index (χ4n) is 2.67. The summed E-state index contributed by atoms with van der Waals surface area (Å²) >= 11 is 0. The number of hydrogen-bond donors (Lipinski definition) is 1. The Morgan fingerprint density at radius 3 is 2.46 bits per heavy atom. The molecule has 0 atom stereocenters. The van der Waals surface area contributed by atoms with Crippen molar-refractivity contribution in [1.29, 1.82) is 0 Å². The number of rotatable bonds is 2. The maximum absolute atomic E-state index is 5.46. The summed E-state index contributed by atoms with van der Waals surface area (Å²) < 4.78 is 0. The fraction of sp³-hybridized carbons (Fsp3) is 0. The number of fused-ring (bicyclic) bond motifs is 2. The number of nitrogens with one attached hydrogen (secondary N) is 1. The molecule has 1 aromatic heterocycles. The smallest absolute Gasteiger partial charge is 0.141 e. The predicted molar refractivity (Wildman–Crippen MR) is 102 cm³/mol. The highest BCUT2D eigenvalue weighted by molar-refractivity contribution is 6.01. The first-order valence-electron chi connectivity index (χ1n) is 7.31. The summed E-state index contributed by atoms with van der Waals surface area (Å²) in [6.45, 7) is 0. The summed E-state index contributed by atoms with van der Waals surface area (Å²) in [4.78, 5) is 8.77. The van der Waals surface area contributed by atoms with Gasteiger partial charge in [0.05, 0.1) is 5.52 Å². The van der Waals surface area contributed by atoms with Crippen molar-refractivity contribution < 1.29 is 0 Å².